The highest BCUT2D eigenvalue weighted by Crippen LogP contribution is 2.10. The van der Waals surface area contributed by atoms with Crippen LogP contribution in [-0.4, -0.2) is 50.9 Å². The van der Waals surface area contributed by atoms with Crippen molar-refractivity contribution in [1.82, 2.24) is 16.0 Å². The van der Waals surface area contributed by atoms with Gasteiger partial charge in [-0.15, -0.1) is 24.0 Å². The summed E-state index contributed by atoms with van der Waals surface area (Å²) in [4.78, 5) is 15.6. The summed E-state index contributed by atoms with van der Waals surface area (Å²) in [5.41, 5.74) is -0.509. The molecule has 0 bridgehead atoms. The van der Waals surface area contributed by atoms with Gasteiger partial charge in [0.25, 0.3) is 0 Å². The van der Waals surface area contributed by atoms with Gasteiger partial charge in [0, 0.05) is 26.7 Å². The lowest BCUT2D eigenvalue weighted by Gasteiger charge is -2.19. The van der Waals surface area contributed by atoms with Crippen LogP contribution < -0.4 is 20.7 Å². The predicted molar refractivity (Wildman–Crippen MR) is 116 cm³/mol. The lowest BCUT2D eigenvalue weighted by Crippen LogP contribution is -2.42. The van der Waals surface area contributed by atoms with Crippen LogP contribution in [0.3, 0.4) is 0 Å². The van der Waals surface area contributed by atoms with Crippen molar-refractivity contribution in [2.45, 2.75) is 32.8 Å². The molecule has 0 aliphatic carbocycles. The Morgan fingerprint density at radius 1 is 1.07 bits per heavy atom. The minimum atomic E-state index is -0.509. The van der Waals surface area contributed by atoms with E-state index in [1.165, 1.54) is 12.1 Å². The largest absolute Gasteiger partial charge is 0.494 e. The van der Waals surface area contributed by atoms with E-state index in [0.29, 0.717) is 38.0 Å². The fraction of sp³-hybridized carbons (Fsp3) is 0.556. The number of halogens is 2. The molecule has 3 N–H and O–H groups in total. The first-order valence-electron chi connectivity index (χ1n) is 8.60. The standard InChI is InChI=1S/C18H29FN4O3.HI/c1-18(2,3)26-17(24)23-12-11-22-16(20-4)21-10-5-13-25-15-8-6-14(19)7-9-15;/h6-9H,5,10-13H2,1-4H3,(H,23,24)(H2,20,21,22);1H. The van der Waals surface area contributed by atoms with Crippen LogP contribution in [-0.2, 0) is 4.74 Å². The summed E-state index contributed by atoms with van der Waals surface area (Å²) >= 11 is 0. The Morgan fingerprint density at radius 3 is 2.26 bits per heavy atom. The molecule has 1 amide bonds. The number of guanidine groups is 1. The Labute approximate surface area is 177 Å². The number of rotatable bonds is 8. The highest BCUT2D eigenvalue weighted by Gasteiger charge is 2.15. The Bertz CT molecular complexity index is 577. The molecule has 0 aliphatic heterocycles. The van der Waals surface area contributed by atoms with E-state index in [9.17, 15) is 9.18 Å². The summed E-state index contributed by atoms with van der Waals surface area (Å²) < 4.78 is 23.4. The summed E-state index contributed by atoms with van der Waals surface area (Å²) in [6, 6.07) is 5.93. The van der Waals surface area contributed by atoms with Gasteiger partial charge in [0.05, 0.1) is 6.61 Å². The van der Waals surface area contributed by atoms with Gasteiger partial charge in [0.1, 0.15) is 17.2 Å². The molecule has 1 aromatic rings. The molecule has 0 radical (unpaired) electrons. The summed E-state index contributed by atoms with van der Waals surface area (Å²) in [5.74, 6) is 0.995. The van der Waals surface area contributed by atoms with Gasteiger partial charge in [-0.25, -0.2) is 9.18 Å². The molecule has 0 spiro atoms. The number of amides is 1. The molecule has 0 heterocycles. The first-order valence-corrected chi connectivity index (χ1v) is 8.60. The Kier molecular flexibility index (Phi) is 12.5. The molecule has 0 saturated carbocycles. The van der Waals surface area contributed by atoms with E-state index >= 15 is 0 Å². The van der Waals surface area contributed by atoms with Gasteiger partial charge >= 0.3 is 6.09 Å². The van der Waals surface area contributed by atoms with Gasteiger partial charge in [-0.05, 0) is 51.5 Å². The van der Waals surface area contributed by atoms with Gasteiger partial charge in [0.2, 0.25) is 0 Å². The Morgan fingerprint density at radius 2 is 1.67 bits per heavy atom. The van der Waals surface area contributed by atoms with E-state index in [1.54, 1.807) is 19.2 Å². The van der Waals surface area contributed by atoms with E-state index in [1.807, 2.05) is 20.8 Å². The number of nitrogens with one attached hydrogen (secondary N) is 3. The van der Waals surface area contributed by atoms with Gasteiger partial charge in [0.15, 0.2) is 5.96 Å². The zero-order valence-corrected chi connectivity index (χ0v) is 18.6. The minimum Gasteiger partial charge on any atom is -0.494 e. The molecule has 0 atom stereocenters. The van der Waals surface area contributed by atoms with Crippen LogP contribution in [0.4, 0.5) is 9.18 Å². The molecular formula is C18H30FIN4O3. The zero-order valence-electron chi connectivity index (χ0n) is 16.3. The number of carbonyl (C=O) groups excluding carboxylic acids is 1. The van der Waals surface area contributed by atoms with E-state index < -0.39 is 11.7 Å². The van der Waals surface area contributed by atoms with E-state index in [-0.39, 0.29) is 29.8 Å². The van der Waals surface area contributed by atoms with Crippen LogP contribution in [0.15, 0.2) is 29.3 Å². The fourth-order valence-electron chi connectivity index (χ4n) is 1.88. The maximum atomic E-state index is 12.8. The number of benzene rings is 1. The van der Waals surface area contributed by atoms with Crippen molar-refractivity contribution in [2.24, 2.45) is 4.99 Å². The van der Waals surface area contributed by atoms with Crippen molar-refractivity contribution in [3.05, 3.63) is 30.1 Å². The van der Waals surface area contributed by atoms with Crippen LogP contribution in [0.5, 0.6) is 5.75 Å². The third-order valence-corrected chi connectivity index (χ3v) is 3.01. The molecule has 0 saturated heterocycles. The van der Waals surface area contributed by atoms with Crippen LogP contribution in [0, 0.1) is 5.82 Å². The van der Waals surface area contributed by atoms with Gasteiger partial charge in [-0.1, -0.05) is 0 Å². The molecule has 0 aliphatic rings. The average molecular weight is 496 g/mol. The lowest BCUT2D eigenvalue weighted by atomic mass is 10.2. The number of carbonyl (C=O) groups is 1. The van der Waals surface area contributed by atoms with Gasteiger partial charge < -0.3 is 25.4 Å². The van der Waals surface area contributed by atoms with Crippen LogP contribution in [0.2, 0.25) is 0 Å². The van der Waals surface area contributed by atoms with Gasteiger partial charge in [-0.3, -0.25) is 4.99 Å². The minimum absolute atomic E-state index is 0. The summed E-state index contributed by atoms with van der Waals surface area (Å²) in [6.45, 7) is 7.56. The molecule has 1 rings (SSSR count). The van der Waals surface area contributed by atoms with Crippen LogP contribution in [0.25, 0.3) is 0 Å². The Balaban J connectivity index is 0.00000676. The van der Waals surface area contributed by atoms with Crippen molar-refractivity contribution in [1.29, 1.82) is 0 Å². The summed E-state index contributed by atoms with van der Waals surface area (Å²) in [7, 11) is 1.67. The third-order valence-electron chi connectivity index (χ3n) is 3.01. The number of alkyl carbamates (subject to hydrolysis) is 1. The summed E-state index contributed by atoms with van der Waals surface area (Å²) in [5, 5.41) is 8.90. The first kappa shape index (κ1) is 25.2. The Hall–Kier alpha value is -1.78. The quantitative estimate of drug-likeness (QED) is 0.223. The maximum absolute atomic E-state index is 12.8. The lowest BCUT2D eigenvalue weighted by molar-refractivity contribution is 0.0529. The van der Waals surface area contributed by atoms with Crippen molar-refractivity contribution >= 4 is 36.0 Å². The molecule has 1 aromatic carbocycles. The molecule has 154 valence electrons. The molecule has 0 aromatic heterocycles. The highest BCUT2D eigenvalue weighted by atomic mass is 127. The molecule has 0 fully saturated rings. The second kappa shape index (κ2) is 13.4. The molecule has 9 heteroatoms. The number of hydrogen-bond donors (Lipinski definition) is 3. The smallest absolute Gasteiger partial charge is 0.407 e. The third kappa shape index (κ3) is 13.1. The van der Waals surface area contributed by atoms with Crippen LogP contribution in [0.1, 0.15) is 27.2 Å². The van der Waals surface area contributed by atoms with Crippen molar-refractivity contribution in [2.75, 3.05) is 33.3 Å². The second-order valence-corrected chi connectivity index (χ2v) is 6.51. The fourth-order valence-corrected chi connectivity index (χ4v) is 1.88. The van der Waals surface area contributed by atoms with Crippen molar-refractivity contribution < 1.29 is 18.7 Å². The highest BCUT2D eigenvalue weighted by molar-refractivity contribution is 14.0. The number of aliphatic imine (C=N–C) groups is 1. The van der Waals surface area contributed by atoms with Crippen LogP contribution >= 0.6 is 24.0 Å². The summed E-state index contributed by atoms with van der Waals surface area (Å²) in [6.07, 6.45) is 0.314. The topological polar surface area (TPSA) is 84.0 Å². The number of hydrogen-bond acceptors (Lipinski definition) is 4. The van der Waals surface area contributed by atoms with Crippen molar-refractivity contribution in [3.63, 3.8) is 0 Å². The molecule has 0 unspecified atom stereocenters. The van der Waals surface area contributed by atoms with Crippen molar-refractivity contribution in [3.8, 4) is 5.75 Å². The zero-order chi connectivity index (χ0) is 19.4. The monoisotopic (exact) mass is 496 g/mol. The van der Waals surface area contributed by atoms with E-state index in [4.69, 9.17) is 9.47 Å². The average Bonchev–Trinajstić information content (AvgIpc) is 2.56. The predicted octanol–water partition coefficient (Wildman–Crippen LogP) is 2.90. The molecule has 27 heavy (non-hydrogen) atoms. The number of ether oxygens (including phenoxy) is 2. The number of nitrogens with zero attached hydrogens (tertiary/aromatic N) is 1. The molecule has 7 nitrogen and oxygen atoms in total. The van der Waals surface area contributed by atoms with Gasteiger partial charge in [-0.2, -0.15) is 0 Å². The van der Waals surface area contributed by atoms with E-state index in [0.717, 1.165) is 6.42 Å². The maximum Gasteiger partial charge on any atom is 0.407 e. The molecular weight excluding hydrogens is 466 g/mol. The first-order chi connectivity index (χ1) is 12.3. The normalized spacial score (nSPS) is 11.2. The van der Waals surface area contributed by atoms with E-state index in [2.05, 4.69) is 20.9 Å². The SMILES string of the molecule is CN=C(NCCCOc1ccc(F)cc1)NCCNC(=O)OC(C)(C)C.I. The second-order valence-electron chi connectivity index (χ2n) is 6.51.